The fraction of sp³-hybridized carbons (Fsp3) is 0.533. The average molecular weight is 314 g/mol. The maximum atomic E-state index is 5.98. The number of halogens is 1. The van der Waals surface area contributed by atoms with Gasteiger partial charge < -0.3 is 20.5 Å². The Morgan fingerprint density at radius 2 is 2.29 bits per heavy atom. The summed E-state index contributed by atoms with van der Waals surface area (Å²) in [6, 6.07) is 7.55. The molecule has 0 saturated carbocycles. The number of nitrogens with one attached hydrogen (secondary N) is 1. The van der Waals surface area contributed by atoms with Crippen LogP contribution in [0, 0.1) is 0 Å². The zero-order valence-electron chi connectivity index (χ0n) is 12.6. The van der Waals surface area contributed by atoms with Crippen molar-refractivity contribution in [1.29, 1.82) is 0 Å². The first-order chi connectivity index (χ1) is 10.2. The standard InChI is InChI=1S/C15H24ClN3O2/c1-3-21-9-5-8-18-15(17)19-11-14(20-2)12-6-4-7-13(16)10-12/h4,6-7,10,14H,3,5,8-9,11H2,1-2H3,(H3,17,18,19). The summed E-state index contributed by atoms with van der Waals surface area (Å²) in [7, 11) is 1.65. The fourth-order valence-electron chi connectivity index (χ4n) is 1.80. The minimum Gasteiger partial charge on any atom is -0.382 e. The molecule has 0 radical (unpaired) electrons. The smallest absolute Gasteiger partial charge is 0.188 e. The minimum absolute atomic E-state index is 0.160. The Balaban J connectivity index is 2.41. The normalized spacial score (nSPS) is 13.2. The molecule has 0 aliphatic carbocycles. The van der Waals surface area contributed by atoms with Crippen molar-refractivity contribution < 1.29 is 9.47 Å². The van der Waals surface area contributed by atoms with Crippen LogP contribution in [0.15, 0.2) is 29.3 Å². The van der Waals surface area contributed by atoms with E-state index in [9.17, 15) is 0 Å². The zero-order chi connectivity index (χ0) is 15.5. The second-order valence-corrected chi connectivity index (χ2v) is 4.92. The second-order valence-electron chi connectivity index (χ2n) is 4.48. The molecule has 1 aromatic carbocycles. The van der Waals surface area contributed by atoms with Gasteiger partial charge in [0.15, 0.2) is 5.96 Å². The molecule has 1 unspecified atom stereocenters. The Morgan fingerprint density at radius 1 is 1.48 bits per heavy atom. The molecule has 0 amide bonds. The van der Waals surface area contributed by atoms with Crippen LogP contribution < -0.4 is 11.1 Å². The molecule has 0 heterocycles. The summed E-state index contributed by atoms with van der Waals surface area (Å²) in [6.45, 7) is 4.62. The quantitative estimate of drug-likeness (QED) is 0.417. The molecule has 0 saturated heterocycles. The van der Waals surface area contributed by atoms with Gasteiger partial charge in [-0.1, -0.05) is 23.7 Å². The van der Waals surface area contributed by atoms with Gasteiger partial charge in [0.25, 0.3) is 0 Å². The molecule has 0 aliphatic heterocycles. The van der Waals surface area contributed by atoms with Gasteiger partial charge in [-0.3, -0.25) is 4.99 Å². The number of nitrogens with two attached hydrogens (primary N) is 1. The Morgan fingerprint density at radius 3 is 2.95 bits per heavy atom. The highest BCUT2D eigenvalue weighted by Gasteiger charge is 2.10. The largest absolute Gasteiger partial charge is 0.382 e. The first-order valence-electron chi connectivity index (χ1n) is 7.07. The maximum absolute atomic E-state index is 5.98. The molecule has 1 aromatic rings. The highest BCUT2D eigenvalue weighted by Crippen LogP contribution is 2.20. The molecule has 0 spiro atoms. The van der Waals surface area contributed by atoms with Gasteiger partial charge in [-0.15, -0.1) is 0 Å². The summed E-state index contributed by atoms with van der Waals surface area (Å²) >= 11 is 5.98. The number of guanidine groups is 1. The van der Waals surface area contributed by atoms with Crippen molar-refractivity contribution in [3.8, 4) is 0 Å². The number of nitrogens with zero attached hydrogens (tertiary/aromatic N) is 1. The molecule has 1 rings (SSSR count). The summed E-state index contributed by atoms with van der Waals surface area (Å²) in [4.78, 5) is 4.29. The van der Waals surface area contributed by atoms with Crippen LogP contribution in [0.25, 0.3) is 0 Å². The van der Waals surface area contributed by atoms with Crippen LogP contribution in [0.3, 0.4) is 0 Å². The Kier molecular flexibility index (Phi) is 8.82. The van der Waals surface area contributed by atoms with Crippen LogP contribution >= 0.6 is 11.6 Å². The SMILES string of the molecule is CCOCCCNC(N)=NCC(OC)c1cccc(Cl)c1. The third kappa shape index (κ3) is 7.32. The van der Waals surface area contributed by atoms with Crippen LogP contribution in [0.5, 0.6) is 0 Å². The van der Waals surface area contributed by atoms with Crippen molar-refractivity contribution in [2.24, 2.45) is 10.7 Å². The molecular weight excluding hydrogens is 290 g/mol. The lowest BCUT2D eigenvalue weighted by molar-refractivity contribution is 0.111. The van der Waals surface area contributed by atoms with E-state index in [4.69, 9.17) is 26.8 Å². The van der Waals surface area contributed by atoms with Crippen LogP contribution in [0.1, 0.15) is 25.0 Å². The maximum Gasteiger partial charge on any atom is 0.188 e. The van der Waals surface area contributed by atoms with Crippen molar-refractivity contribution in [3.05, 3.63) is 34.9 Å². The van der Waals surface area contributed by atoms with Crippen LogP contribution in [0.4, 0.5) is 0 Å². The van der Waals surface area contributed by atoms with Crippen LogP contribution in [0.2, 0.25) is 5.02 Å². The van der Waals surface area contributed by atoms with Crippen molar-refractivity contribution in [2.45, 2.75) is 19.4 Å². The molecule has 0 aromatic heterocycles. The van der Waals surface area contributed by atoms with Gasteiger partial charge >= 0.3 is 0 Å². The fourth-order valence-corrected chi connectivity index (χ4v) is 1.99. The molecule has 0 fully saturated rings. The number of rotatable bonds is 9. The summed E-state index contributed by atoms with van der Waals surface area (Å²) in [5, 5.41) is 3.73. The van der Waals surface area contributed by atoms with E-state index < -0.39 is 0 Å². The average Bonchev–Trinajstić information content (AvgIpc) is 2.48. The number of ether oxygens (including phenoxy) is 2. The van der Waals surface area contributed by atoms with Gasteiger partial charge in [0, 0.05) is 31.9 Å². The van der Waals surface area contributed by atoms with E-state index in [1.807, 2.05) is 31.2 Å². The van der Waals surface area contributed by atoms with Gasteiger partial charge in [-0.05, 0) is 31.0 Å². The van der Waals surface area contributed by atoms with E-state index in [0.29, 0.717) is 17.5 Å². The highest BCUT2D eigenvalue weighted by atomic mass is 35.5. The minimum atomic E-state index is -0.160. The lowest BCUT2D eigenvalue weighted by Gasteiger charge is -2.14. The first kappa shape index (κ1) is 17.8. The van der Waals surface area contributed by atoms with Crippen molar-refractivity contribution in [2.75, 3.05) is 33.4 Å². The summed E-state index contributed by atoms with van der Waals surface area (Å²) in [5.74, 6) is 0.413. The van der Waals surface area contributed by atoms with E-state index in [-0.39, 0.29) is 6.10 Å². The predicted octanol–water partition coefficient (Wildman–Crippen LogP) is 2.36. The molecule has 118 valence electrons. The number of aliphatic imine (C=N–C) groups is 1. The van der Waals surface area contributed by atoms with Gasteiger partial charge in [-0.25, -0.2) is 0 Å². The summed E-state index contributed by atoms with van der Waals surface area (Å²) in [5.41, 5.74) is 6.80. The first-order valence-corrected chi connectivity index (χ1v) is 7.45. The molecule has 6 heteroatoms. The number of benzene rings is 1. The van der Waals surface area contributed by atoms with E-state index >= 15 is 0 Å². The van der Waals surface area contributed by atoms with E-state index in [0.717, 1.165) is 31.7 Å². The lowest BCUT2D eigenvalue weighted by Crippen LogP contribution is -2.33. The van der Waals surface area contributed by atoms with E-state index in [1.54, 1.807) is 7.11 Å². The molecule has 3 N–H and O–H groups in total. The van der Waals surface area contributed by atoms with E-state index in [2.05, 4.69) is 10.3 Å². The van der Waals surface area contributed by atoms with Gasteiger partial charge in [0.1, 0.15) is 6.10 Å². The summed E-state index contributed by atoms with van der Waals surface area (Å²) < 4.78 is 10.7. The monoisotopic (exact) mass is 313 g/mol. The highest BCUT2D eigenvalue weighted by molar-refractivity contribution is 6.30. The summed E-state index contributed by atoms with van der Waals surface area (Å²) in [6.07, 6.45) is 0.735. The van der Waals surface area contributed by atoms with Gasteiger partial charge in [-0.2, -0.15) is 0 Å². The third-order valence-corrected chi connectivity index (χ3v) is 3.14. The van der Waals surface area contributed by atoms with E-state index in [1.165, 1.54) is 0 Å². The van der Waals surface area contributed by atoms with Crippen molar-refractivity contribution in [3.63, 3.8) is 0 Å². The molecular formula is C15H24ClN3O2. The topological polar surface area (TPSA) is 68.9 Å². The predicted molar refractivity (Wildman–Crippen MR) is 86.8 cm³/mol. The third-order valence-electron chi connectivity index (χ3n) is 2.91. The lowest BCUT2D eigenvalue weighted by atomic mass is 10.1. The zero-order valence-corrected chi connectivity index (χ0v) is 13.4. The van der Waals surface area contributed by atoms with Crippen LogP contribution in [-0.2, 0) is 9.47 Å². The van der Waals surface area contributed by atoms with Crippen LogP contribution in [-0.4, -0.2) is 39.4 Å². The Hall–Kier alpha value is -1.30. The Bertz CT molecular complexity index is 441. The molecule has 21 heavy (non-hydrogen) atoms. The molecule has 5 nitrogen and oxygen atoms in total. The number of hydrogen-bond donors (Lipinski definition) is 2. The Labute approximate surface area is 131 Å². The number of hydrogen-bond acceptors (Lipinski definition) is 3. The molecule has 1 atom stereocenters. The van der Waals surface area contributed by atoms with Gasteiger partial charge in [0.05, 0.1) is 6.54 Å². The van der Waals surface area contributed by atoms with Gasteiger partial charge in [0.2, 0.25) is 0 Å². The van der Waals surface area contributed by atoms with Crippen molar-refractivity contribution >= 4 is 17.6 Å². The molecule has 0 bridgehead atoms. The second kappa shape index (κ2) is 10.4. The van der Waals surface area contributed by atoms with Crippen molar-refractivity contribution in [1.82, 2.24) is 5.32 Å². The number of methoxy groups -OCH3 is 1. The molecule has 0 aliphatic rings.